The molecule has 0 atom stereocenters. The molecule has 2 heterocycles. The van der Waals surface area contributed by atoms with Crippen LogP contribution in [-0.4, -0.2) is 41.8 Å². The van der Waals surface area contributed by atoms with Crippen molar-refractivity contribution >= 4 is 38.2 Å². The van der Waals surface area contributed by atoms with Crippen LogP contribution in [0.15, 0.2) is 52.9 Å². The number of carbonyl (C=O) groups is 2. The minimum absolute atomic E-state index is 0.0544. The number of aromatic nitrogens is 2. The second-order valence-electron chi connectivity index (χ2n) is 5.84. The Kier molecular flexibility index (Phi) is 5.58. The quantitative estimate of drug-likeness (QED) is 0.534. The van der Waals surface area contributed by atoms with Gasteiger partial charge in [-0.3, -0.25) is 14.7 Å². The first-order valence-electron chi connectivity index (χ1n) is 8.03. The van der Waals surface area contributed by atoms with Crippen LogP contribution in [0.4, 0.5) is 5.00 Å². The number of amides is 2. The standard InChI is InChI=1S/C17H17N5O4S2/c1-22(10-11-5-3-2-4-6-11)28(25,26)14-9-12(15(18)23)17(27-14)20-16(24)13-7-8-19-21-13/h2-9H,10H2,1H3,(H2,18,23)(H,19,21)(H,20,24). The summed E-state index contributed by atoms with van der Waals surface area (Å²) in [6, 6.07) is 11.7. The van der Waals surface area contributed by atoms with Crippen molar-refractivity contribution in [1.29, 1.82) is 0 Å². The number of benzene rings is 1. The molecule has 0 spiro atoms. The van der Waals surface area contributed by atoms with E-state index in [0.717, 1.165) is 16.9 Å². The molecule has 9 nitrogen and oxygen atoms in total. The SMILES string of the molecule is CN(Cc1ccccc1)S(=O)(=O)c1cc(C(N)=O)c(NC(=O)c2ccn[nH]2)s1. The monoisotopic (exact) mass is 419 g/mol. The van der Waals surface area contributed by atoms with Crippen LogP contribution in [0.2, 0.25) is 0 Å². The molecule has 0 bridgehead atoms. The molecule has 3 rings (SSSR count). The third-order valence-corrected chi connectivity index (χ3v) is 7.16. The maximum Gasteiger partial charge on any atom is 0.274 e. The Morgan fingerprint density at radius 3 is 2.57 bits per heavy atom. The molecule has 0 fully saturated rings. The highest BCUT2D eigenvalue weighted by atomic mass is 32.2. The molecule has 0 saturated carbocycles. The fourth-order valence-electron chi connectivity index (χ4n) is 2.40. The normalized spacial score (nSPS) is 11.5. The van der Waals surface area contributed by atoms with E-state index in [1.165, 1.54) is 29.7 Å². The fraction of sp³-hybridized carbons (Fsp3) is 0.118. The van der Waals surface area contributed by atoms with Crippen LogP contribution in [0.3, 0.4) is 0 Å². The molecule has 0 aliphatic carbocycles. The van der Waals surface area contributed by atoms with Gasteiger partial charge in [0.15, 0.2) is 0 Å². The Hall–Kier alpha value is -3.02. The smallest absolute Gasteiger partial charge is 0.274 e. The van der Waals surface area contributed by atoms with Crippen molar-refractivity contribution in [3.63, 3.8) is 0 Å². The van der Waals surface area contributed by atoms with E-state index in [0.29, 0.717) is 0 Å². The Morgan fingerprint density at radius 2 is 1.96 bits per heavy atom. The molecule has 0 unspecified atom stereocenters. The van der Waals surface area contributed by atoms with Gasteiger partial charge in [0.05, 0.1) is 5.56 Å². The van der Waals surface area contributed by atoms with Crippen molar-refractivity contribution in [2.45, 2.75) is 10.8 Å². The van der Waals surface area contributed by atoms with Crippen LogP contribution in [0.1, 0.15) is 26.4 Å². The number of hydrogen-bond acceptors (Lipinski definition) is 6. The predicted octanol–water partition coefficient (Wildman–Crippen LogP) is 1.64. The highest BCUT2D eigenvalue weighted by Crippen LogP contribution is 2.33. The van der Waals surface area contributed by atoms with E-state index >= 15 is 0 Å². The van der Waals surface area contributed by atoms with E-state index in [-0.39, 0.29) is 27.0 Å². The van der Waals surface area contributed by atoms with Gasteiger partial charge in [-0.2, -0.15) is 9.40 Å². The van der Waals surface area contributed by atoms with Crippen LogP contribution in [0.5, 0.6) is 0 Å². The van der Waals surface area contributed by atoms with E-state index < -0.39 is 21.8 Å². The molecule has 28 heavy (non-hydrogen) atoms. The summed E-state index contributed by atoms with van der Waals surface area (Å²) in [6.07, 6.45) is 1.40. The zero-order valence-corrected chi connectivity index (χ0v) is 16.4. The molecule has 0 aliphatic heterocycles. The third kappa shape index (κ3) is 4.11. The Morgan fingerprint density at radius 1 is 1.25 bits per heavy atom. The minimum atomic E-state index is -3.89. The summed E-state index contributed by atoms with van der Waals surface area (Å²) in [4.78, 5) is 23.9. The van der Waals surface area contributed by atoms with Gasteiger partial charge in [0.25, 0.3) is 21.8 Å². The van der Waals surface area contributed by atoms with Gasteiger partial charge in [-0.05, 0) is 17.7 Å². The number of nitrogens with one attached hydrogen (secondary N) is 2. The molecule has 0 aliphatic rings. The van der Waals surface area contributed by atoms with Gasteiger partial charge < -0.3 is 11.1 Å². The number of sulfonamides is 1. The molecule has 0 saturated heterocycles. The number of primary amides is 1. The maximum atomic E-state index is 12.9. The average Bonchev–Trinajstić information content (AvgIpc) is 3.32. The van der Waals surface area contributed by atoms with Gasteiger partial charge in [-0.1, -0.05) is 30.3 Å². The number of nitrogens with zero attached hydrogens (tertiary/aromatic N) is 2. The molecule has 2 aromatic heterocycles. The molecule has 2 amide bonds. The molecule has 4 N–H and O–H groups in total. The highest BCUT2D eigenvalue weighted by molar-refractivity contribution is 7.91. The summed E-state index contributed by atoms with van der Waals surface area (Å²) in [5.74, 6) is -1.41. The van der Waals surface area contributed by atoms with Crippen LogP contribution in [-0.2, 0) is 16.6 Å². The van der Waals surface area contributed by atoms with Crippen LogP contribution in [0, 0.1) is 0 Å². The van der Waals surface area contributed by atoms with Crippen molar-refractivity contribution in [3.8, 4) is 0 Å². The van der Waals surface area contributed by atoms with Gasteiger partial charge in [0.2, 0.25) is 0 Å². The molecule has 0 radical (unpaired) electrons. The molecule has 11 heteroatoms. The third-order valence-electron chi connectivity index (χ3n) is 3.86. The molecular formula is C17H17N5O4S2. The van der Waals surface area contributed by atoms with Crippen LogP contribution in [0.25, 0.3) is 0 Å². The molecular weight excluding hydrogens is 402 g/mol. The van der Waals surface area contributed by atoms with E-state index in [2.05, 4.69) is 15.5 Å². The first kappa shape index (κ1) is 19.7. The number of aromatic amines is 1. The van der Waals surface area contributed by atoms with E-state index in [4.69, 9.17) is 5.73 Å². The second-order valence-corrected chi connectivity index (χ2v) is 9.17. The maximum absolute atomic E-state index is 12.9. The summed E-state index contributed by atoms with van der Waals surface area (Å²) >= 11 is 0.763. The van der Waals surface area contributed by atoms with Crippen molar-refractivity contribution in [2.75, 3.05) is 12.4 Å². The van der Waals surface area contributed by atoms with Gasteiger partial charge in [0, 0.05) is 19.8 Å². The Bertz CT molecular complexity index is 1090. The summed E-state index contributed by atoms with van der Waals surface area (Å²) in [5.41, 5.74) is 6.25. The van der Waals surface area contributed by atoms with E-state index in [1.54, 1.807) is 0 Å². The first-order chi connectivity index (χ1) is 13.3. The predicted molar refractivity (Wildman–Crippen MR) is 104 cm³/mol. The largest absolute Gasteiger partial charge is 0.366 e. The van der Waals surface area contributed by atoms with E-state index in [1.807, 2.05) is 30.3 Å². The topological polar surface area (TPSA) is 138 Å². The zero-order chi connectivity index (χ0) is 20.3. The van der Waals surface area contributed by atoms with Gasteiger partial charge in [-0.15, -0.1) is 11.3 Å². The molecule has 3 aromatic rings. The first-order valence-corrected chi connectivity index (χ1v) is 10.3. The number of rotatable bonds is 7. The Labute approximate surface area is 165 Å². The van der Waals surface area contributed by atoms with Crippen molar-refractivity contribution in [3.05, 3.63) is 65.5 Å². The minimum Gasteiger partial charge on any atom is -0.366 e. The lowest BCUT2D eigenvalue weighted by molar-refractivity contribution is 0.100. The Balaban J connectivity index is 1.89. The van der Waals surface area contributed by atoms with Gasteiger partial charge in [0.1, 0.15) is 14.9 Å². The zero-order valence-electron chi connectivity index (χ0n) is 14.7. The number of hydrogen-bond donors (Lipinski definition) is 3. The average molecular weight is 419 g/mol. The number of anilines is 1. The molecule has 146 valence electrons. The summed E-state index contributed by atoms with van der Waals surface area (Å²) in [5, 5.41) is 8.72. The van der Waals surface area contributed by atoms with Gasteiger partial charge in [-0.25, -0.2) is 8.42 Å². The van der Waals surface area contributed by atoms with Crippen molar-refractivity contribution in [1.82, 2.24) is 14.5 Å². The molecule has 1 aromatic carbocycles. The lowest BCUT2D eigenvalue weighted by atomic mass is 10.2. The number of H-pyrrole nitrogens is 1. The summed E-state index contributed by atoms with van der Waals surface area (Å²) in [6.45, 7) is 0.156. The lowest BCUT2D eigenvalue weighted by Gasteiger charge is -2.15. The summed E-state index contributed by atoms with van der Waals surface area (Å²) in [7, 11) is -2.45. The van der Waals surface area contributed by atoms with Crippen LogP contribution < -0.4 is 11.1 Å². The fourth-order valence-corrected chi connectivity index (χ4v) is 5.14. The van der Waals surface area contributed by atoms with Gasteiger partial charge >= 0.3 is 0 Å². The lowest BCUT2D eigenvalue weighted by Crippen LogP contribution is -2.25. The van der Waals surface area contributed by atoms with E-state index in [9.17, 15) is 18.0 Å². The summed E-state index contributed by atoms with van der Waals surface area (Å²) < 4.78 is 26.9. The number of nitrogens with two attached hydrogens (primary N) is 1. The highest BCUT2D eigenvalue weighted by Gasteiger charge is 2.27. The van der Waals surface area contributed by atoms with Crippen molar-refractivity contribution in [2.24, 2.45) is 5.73 Å². The number of thiophene rings is 1. The van der Waals surface area contributed by atoms with Crippen molar-refractivity contribution < 1.29 is 18.0 Å². The second kappa shape index (κ2) is 7.92. The van der Waals surface area contributed by atoms with Crippen LogP contribution >= 0.6 is 11.3 Å². The number of carbonyl (C=O) groups excluding carboxylic acids is 2.